The van der Waals surface area contributed by atoms with E-state index >= 15 is 8.78 Å². The molecule has 0 radical (unpaired) electrons. The number of rotatable bonds is 12. The summed E-state index contributed by atoms with van der Waals surface area (Å²) in [5.41, 5.74) is 3.25. The number of aliphatic hydroxyl groups excluding tert-OH is 1. The van der Waals surface area contributed by atoms with Crippen molar-refractivity contribution in [3.05, 3.63) is 75.9 Å². The van der Waals surface area contributed by atoms with E-state index < -0.39 is 52.5 Å². The van der Waals surface area contributed by atoms with Gasteiger partial charge in [-0.3, -0.25) is 10.1 Å². The van der Waals surface area contributed by atoms with Crippen molar-refractivity contribution in [2.45, 2.75) is 88.9 Å². The van der Waals surface area contributed by atoms with E-state index in [1.807, 2.05) is 20.8 Å². The zero-order valence-corrected chi connectivity index (χ0v) is 27.0. The van der Waals surface area contributed by atoms with Gasteiger partial charge in [0.05, 0.1) is 10.3 Å². The average Bonchev–Trinajstić information content (AvgIpc) is 3.42. The average molecular weight is 675 g/mol. The number of carbonyl (C=O) groups excluding carboxylic acids is 1. The van der Waals surface area contributed by atoms with Gasteiger partial charge in [-0.05, 0) is 82.7 Å². The number of hydrogen-bond acceptors (Lipinski definition) is 8. The number of alkyl halides is 4. The molecule has 0 saturated heterocycles. The van der Waals surface area contributed by atoms with Crippen molar-refractivity contribution >= 4 is 17.4 Å². The fourth-order valence-corrected chi connectivity index (χ4v) is 7.18. The lowest BCUT2D eigenvalue weighted by Gasteiger charge is -2.53. The summed E-state index contributed by atoms with van der Waals surface area (Å²) in [4.78, 5) is 34.6. The maximum Gasteiger partial charge on any atom is 0.387 e. The van der Waals surface area contributed by atoms with Crippen molar-refractivity contribution in [3.8, 4) is 16.9 Å². The summed E-state index contributed by atoms with van der Waals surface area (Å²) in [7, 11) is 0. The summed E-state index contributed by atoms with van der Waals surface area (Å²) in [6.45, 7) is 2.82. The van der Waals surface area contributed by atoms with Crippen LogP contribution in [-0.4, -0.2) is 55.6 Å². The molecule has 5 rings (SSSR count). The Morgan fingerprint density at radius 2 is 1.85 bits per heavy atom. The molecule has 15 heteroatoms. The lowest BCUT2D eigenvalue weighted by molar-refractivity contribution is -0.384. The number of aromatic nitrogens is 2. The molecule has 0 aliphatic heterocycles. The number of hydrogen-bond donors (Lipinski definition) is 3. The number of nitrogens with two attached hydrogens (primary N) is 1. The molecule has 258 valence electrons. The molecule has 3 aromatic rings. The minimum Gasteiger partial charge on any atom is -0.434 e. The van der Waals surface area contributed by atoms with Gasteiger partial charge in [0.1, 0.15) is 17.0 Å². The molecular weight excluding hydrogens is 636 g/mol. The van der Waals surface area contributed by atoms with Gasteiger partial charge in [-0.25, -0.2) is 23.5 Å². The number of urea groups is 1. The Bertz CT molecular complexity index is 1700. The predicted molar refractivity (Wildman–Crippen MR) is 169 cm³/mol. The highest BCUT2D eigenvalue weighted by molar-refractivity contribution is 5.75. The second-order valence-electron chi connectivity index (χ2n) is 13.4. The second-order valence-corrected chi connectivity index (χ2v) is 13.4. The number of benzene rings is 2. The SMILES string of the molecule is CC(C)(C)N(C(N)=O)C1(c2ncc(-c3ccc([N+](=O)[O-])c(NCc4c(OC(F)F)cccc4C4(C)C(CCO)C4(F)F)c3)cn2)CCC1. The van der Waals surface area contributed by atoms with Crippen molar-refractivity contribution in [3.63, 3.8) is 0 Å². The van der Waals surface area contributed by atoms with Crippen LogP contribution in [0, 0.1) is 16.0 Å². The number of carbonyl (C=O) groups is 1. The first-order valence-corrected chi connectivity index (χ1v) is 15.5. The van der Waals surface area contributed by atoms with Gasteiger partial charge in [0.2, 0.25) is 0 Å². The van der Waals surface area contributed by atoms with Crippen molar-refractivity contribution < 1.29 is 37.1 Å². The summed E-state index contributed by atoms with van der Waals surface area (Å²) in [5, 5.41) is 24.2. The Balaban J connectivity index is 1.49. The maximum absolute atomic E-state index is 15.1. The standard InChI is InChI=1S/C33H38F4N6O5/c1-30(2,3)42(29(38)45)32(12-6-13-32)27-40-16-20(17-41-27)19-9-10-24(43(46)47)23(15-19)39-18-21-22(7-5-8-25(21)48-28(34)35)31(4)26(11-14-44)33(31,36)37/h5,7-10,15-17,26,28,39,44H,6,11-14,18H2,1-4H3,(H2,38,45). The van der Waals surface area contributed by atoms with Crippen molar-refractivity contribution in [2.24, 2.45) is 11.7 Å². The minimum atomic E-state index is -3.25. The monoisotopic (exact) mass is 674 g/mol. The Morgan fingerprint density at radius 3 is 2.38 bits per heavy atom. The zero-order valence-electron chi connectivity index (χ0n) is 27.0. The van der Waals surface area contributed by atoms with Crippen LogP contribution in [0.25, 0.3) is 11.1 Å². The molecular formula is C33H38F4N6O5. The highest BCUT2D eigenvalue weighted by atomic mass is 19.3. The summed E-state index contributed by atoms with van der Waals surface area (Å²) in [5.74, 6) is -4.41. The Morgan fingerprint density at radius 1 is 1.19 bits per heavy atom. The van der Waals surface area contributed by atoms with E-state index in [-0.39, 0.29) is 41.2 Å². The van der Waals surface area contributed by atoms with E-state index in [2.05, 4.69) is 20.0 Å². The number of primary amides is 1. The fourth-order valence-electron chi connectivity index (χ4n) is 7.18. The first kappa shape index (κ1) is 34.8. The van der Waals surface area contributed by atoms with Gasteiger partial charge in [-0.1, -0.05) is 12.1 Å². The Hall–Kier alpha value is -4.53. The molecule has 48 heavy (non-hydrogen) atoms. The molecule has 2 atom stereocenters. The Kier molecular flexibility index (Phi) is 9.05. The molecule has 1 heterocycles. The molecule has 0 spiro atoms. The number of nitro benzene ring substituents is 1. The molecule has 2 aliphatic carbocycles. The van der Waals surface area contributed by atoms with Crippen molar-refractivity contribution in [1.82, 2.24) is 14.9 Å². The van der Waals surface area contributed by atoms with Crippen LogP contribution in [0.4, 0.5) is 33.7 Å². The highest BCUT2D eigenvalue weighted by Gasteiger charge is 2.78. The lowest BCUT2D eigenvalue weighted by Crippen LogP contribution is -2.63. The number of nitrogens with one attached hydrogen (secondary N) is 1. The zero-order chi connectivity index (χ0) is 35.2. The predicted octanol–water partition coefficient (Wildman–Crippen LogP) is 6.73. The molecule has 1 aromatic heterocycles. The quantitative estimate of drug-likeness (QED) is 0.108. The van der Waals surface area contributed by atoms with Crippen LogP contribution in [0.2, 0.25) is 0 Å². The number of nitro groups is 1. The largest absolute Gasteiger partial charge is 0.434 e. The first-order valence-electron chi connectivity index (χ1n) is 15.5. The van der Waals surface area contributed by atoms with Crippen LogP contribution in [0.15, 0.2) is 48.8 Å². The topological polar surface area (TPSA) is 157 Å². The van der Waals surface area contributed by atoms with E-state index in [4.69, 9.17) is 5.73 Å². The molecule has 4 N–H and O–H groups in total. The van der Waals surface area contributed by atoms with Gasteiger partial charge < -0.3 is 25.8 Å². The van der Waals surface area contributed by atoms with Crippen LogP contribution in [0.3, 0.4) is 0 Å². The fraction of sp³-hybridized carbons (Fsp3) is 0.485. The van der Waals surface area contributed by atoms with Gasteiger partial charge >= 0.3 is 12.6 Å². The number of aliphatic hydroxyl groups is 1. The van der Waals surface area contributed by atoms with E-state index in [0.717, 1.165) is 6.42 Å². The molecule has 2 unspecified atom stereocenters. The van der Waals surface area contributed by atoms with Crippen LogP contribution in [-0.2, 0) is 17.5 Å². The molecule has 0 bridgehead atoms. The molecule has 2 saturated carbocycles. The number of nitrogens with zero attached hydrogens (tertiary/aromatic N) is 4. The number of anilines is 1. The van der Waals surface area contributed by atoms with Crippen LogP contribution < -0.4 is 15.8 Å². The van der Waals surface area contributed by atoms with Crippen molar-refractivity contribution in [1.29, 1.82) is 0 Å². The third-order valence-electron chi connectivity index (χ3n) is 9.62. The third-order valence-corrected chi connectivity index (χ3v) is 9.62. The van der Waals surface area contributed by atoms with Gasteiger partial charge in [0.15, 0.2) is 5.82 Å². The summed E-state index contributed by atoms with van der Waals surface area (Å²) >= 11 is 0. The summed E-state index contributed by atoms with van der Waals surface area (Å²) in [6.07, 6.45) is 4.98. The van der Waals surface area contributed by atoms with Crippen LogP contribution in [0.5, 0.6) is 5.75 Å². The second kappa shape index (κ2) is 12.5. The van der Waals surface area contributed by atoms with Gasteiger partial charge in [0, 0.05) is 54.2 Å². The molecule has 2 aliphatic rings. The number of halogens is 4. The van der Waals surface area contributed by atoms with E-state index in [9.17, 15) is 28.8 Å². The van der Waals surface area contributed by atoms with E-state index in [1.54, 1.807) is 4.90 Å². The van der Waals surface area contributed by atoms with Gasteiger partial charge in [-0.15, -0.1) is 0 Å². The maximum atomic E-state index is 15.1. The van der Waals surface area contributed by atoms with Gasteiger partial charge in [0.25, 0.3) is 11.6 Å². The molecule has 2 fully saturated rings. The van der Waals surface area contributed by atoms with E-state index in [0.29, 0.717) is 29.8 Å². The van der Waals surface area contributed by atoms with Crippen molar-refractivity contribution in [2.75, 3.05) is 11.9 Å². The highest BCUT2D eigenvalue weighted by Crippen LogP contribution is 2.68. The first-order chi connectivity index (χ1) is 22.5. The number of ether oxygens (including phenoxy) is 1. The van der Waals surface area contributed by atoms with Crippen LogP contribution >= 0.6 is 0 Å². The third kappa shape index (κ3) is 5.88. The van der Waals surface area contributed by atoms with E-state index in [1.165, 1.54) is 55.7 Å². The lowest BCUT2D eigenvalue weighted by atomic mass is 9.72. The molecule has 11 nitrogen and oxygen atoms in total. The number of amides is 2. The Labute approximate surface area is 274 Å². The smallest absolute Gasteiger partial charge is 0.387 e. The van der Waals surface area contributed by atoms with Crippen LogP contribution in [0.1, 0.15) is 70.3 Å². The summed E-state index contributed by atoms with van der Waals surface area (Å²) < 4.78 is 61.6. The summed E-state index contributed by atoms with van der Waals surface area (Å²) in [6, 6.07) is 7.55. The normalized spacial score (nSPS) is 20.9. The van der Waals surface area contributed by atoms with Gasteiger partial charge in [-0.2, -0.15) is 8.78 Å². The molecule has 2 amide bonds. The molecule has 2 aromatic carbocycles. The minimum absolute atomic E-state index is 0.0119.